The first-order valence-electron chi connectivity index (χ1n) is 10.3. The van der Waals surface area contributed by atoms with E-state index in [0.29, 0.717) is 13.0 Å². The lowest BCUT2D eigenvalue weighted by molar-refractivity contribution is -0.131. The Morgan fingerprint density at radius 3 is 2.76 bits per heavy atom. The molecular weight excluding hydrogens is 366 g/mol. The lowest BCUT2D eigenvalue weighted by Crippen LogP contribution is -2.41. The number of piperidine rings is 1. The molecule has 4 rings (SSSR count). The molecule has 0 N–H and O–H groups in total. The first-order chi connectivity index (χ1) is 13.9. The molecule has 1 fully saturated rings. The van der Waals surface area contributed by atoms with Crippen molar-refractivity contribution in [1.29, 1.82) is 0 Å². The molecule has 0 spiro atoms. The maximum absolute atomic E-state index is 13.1. The highest BCUT2D eigenvalue weighted by atomic mass is 16.2. The highest BCUT2D eigenvalue weighted by molar-refractivity contribution is 5.89. The molecule has 0 saturated carbocycles. The van der Waals surface area contributed by atoms with Crippen LogP contribution >= 0.6 is 0 Å². The van der Waals surface area contributed by atoms with Crippen LogP contribution in [0.1, 0.15) is 50.0 Å². The van der Waals surface area contributed by atoms with Gasteiger partial charge in [0.1, 0.15) is 5.82 Å². The number of fused-ring (bicyclic) bond motifs is 1. The van der Waals surface area contributed by atoms with E-state index in [4.69, 9.17) is 0 Å². The quantitative estimate of drug-likeness (QED) is 0.682. The number of aryl methyl sites for hydroxylation is 2. The molecule has 0 radical (unpaired) electrons. The van der Waals surface area contributed by atoms with Gasteiger partial charge in [-0.25, -0.2) is 9.48 Å². The second kappa shape index (κ2) is 7.54. The van der Waals surface area contributed by atoms with Crippen molar-refractivity contribution in [3.8, 4) is 0 Å². The van der Waals surface area contributed by atoms with Gasteiger partial charge in [-0.15, -0.1) is 0 Å². The summed E-state index contributed by atoms with van der Waals surface area (Å²) in [6, 6.07) is 8.23. The Morgan fingerprint density at radius 2 is 2.00 bits per heavy atom. The summed E-state index contributed by atoms with van der Waals surface area (Å²) in [7, 11) is 3.70. The number of amides is 1. The predicted octanol–water partition coefficient (Wildman–Crippen LogP) is 2.60. The van der Waals surface area contributed by atoms with Gasteiger partial charge in [0.15, 0.2) is 0 Å². The lowest BCUT2D eigenvalue weighted by Gasteiger charge is -2.32. The van der Waals surface area contributed by atoms with Gasteiger partial charge in [-0.2, -0.15) is 5.10 Å². The molecule has 29 heavy (non-hydrogen) atoms. The van der Waals surface area contributed by atoms with Crippen molar-refractivity contribution in [3.63, 3.8) is 0 Å². The Hall–Kier alpha value is -2.83. The van der Waals surface area contributed by atoms with E-state index >= 15 is 0 Å². The normalized spacial score (nSPS) is 17.4. The number of para-hydroxylation sites is 1. The standard InChI is InChI=1S/C22H29N5O2/c1-15(2)27-21(23-25(4)22(27)29)16-8-7-11-26(14-16)20(28)12-17-13-24(3)19-10-6-5-9-18(17)19/h5-6,9-10,13,15-16H,7-8,11-12,14H2,1-4H3. The van der Waals surface area contributed by atoms with Crippen molar-refractivity contribution in [3.05, 3.63) is 52.3 Å². The molecule has 154 valence electrons. The van der Waals surface area contributed by atoms with Crippen LogP contribution in [0.2, 0.25) is 0 Å². The second-order valence-corrected chi connectivity index (χ2v) is 8.37. The third-order valence-electron chi connectivity index (χ3n) is 5.96. The van der Waals surface area contributed by atoms with Crippen molar-refractivity contribution < 1.29 is 4.79 Å². The van der Waals surface area contributed by atoms with Crippen LogP contribution in [0.25, 0.3) is 10.9 Å². The molecule has 7 heteroatoms. The summed E-state index contributed by atoms with van der Waals surface area (Å²) in [6.45, 7) is 5.38. The van der Waals surface area contributed by atoms with Gasteiger partial charge in [-0.1, -0.05) is 18.2 Å². The Morgan fingerprint density at radius 1 is 1.24 bits per heavy atom. The third-order valence-corrected chi connectivity index (χ3v) is 5.96. The van der Waals surface area contributed by atoms with Crippen molar-refractivity contribution in [1.82, 2.24) is 23.8 Å². The fourth-order valence-corrected chi connectivity index (χ4v) is 4.52. The first kappa shape index (κ1) is 19.5. The van der Waals surface area contributed by atoms with Crippen LogP contribution in [0.5, 0.6) is 0 Å². The average molecular weight is 396 g/mol. The van der Waals surface area contributed by atoms with Crippen LogP contribution in [0.15, 0.2) is 35.3 Å². The van der Waals surface area contributed by atoms with Gasteiger partial charge >= 0.3 is 5.69 Å². The molecule has 0 aliphatic carbocycles. The predicted molar refractivity (Wildman–Crippen MR) is 113 cm³/mol. The molecule has 0 bridgehead atoms. The third kappa shape index (κ3) is 3.50. The number of likely N-dealkylation sites (tertiary alicyclic amines) is 1. The van der Waals surface area contributed by atoms with Crippen LogP contribution in [-0.2, 0) is 25.3 Å². The van der Waals surface area contributed by atoms with E-state index < -0.39 is 0 Å². The van der Waals surface area contributed by atoms with E-state index in [1.54, 1.807) is 11.6 Å². The van der Waals surface area contributed by atoms with Gasteiger partial charge in [-0.3, -0.25) is 9.36 Å². The minimum atomic E-state index is -0.0887. The van der Waals surface area contributed by atoms with Gasteiger partial charge in [-0.05, 0) is 38.3 Å². The highest BCUT2D eigenvalue weighted by Gasteiger charge is 2.30. The number of nitrogens with zero attached hydrogens (tertiary/aromatic N) is 5. The van der Waals surface area contributed by atoms with Crippen molar-refractivity contribution in [2.24, 2.45) is 14.1 Å². The molecular formula is C22H29N5O2. The molecule has 1 aliphatic heterocycles. The van der Waals surface area contributed by atoms with Gasteiger partial charge in [0, 0.05) is 56.2 Å². The number of hydrogen-bond donors (Lipinski definition) is 0. The van der Waals surface area contributed by atoms with Gasteiger partial charge in [0.2, 0.25) is 5.91 Å². The van der Waals surface area contributed by atoms with E-state index in [9.17, 15) is 9.59 Å². The maximum atomic E-state index is 13.1. The summed E-state index contributed by atoms with van der Waals surface area (Å²) in [4.78, 5) is 27.5. The molecule has 1 atom stereocenters. The highest BCUT2D eigenvalue weighted by Crippen LogP contribution is 2.28. The SMILES string of the molecule is CC(C)n1c(C2CCCN(C(=O)Cc3cn(C)c4ccccc34)C2)nn(C)c1=O. The molecule has 1 amide bonds. The summed E-state index contributed by atoms with van der Waals surface area (Å²) in [5.41, 5.74) is 2.11. The number of aromatic nitrogens is 4. The van der Waals surface area contributed by atoms with Crippen LogP contribution in [0.3, 0.4) is 0 Å². The number of carbonyl (C=O) groups excluding carboxylic acids is 1. The van der Waals surface area contributed by atoms with Crippen LogP contribution in [0.4, 0.5) is 0 Å². The molecule has 2 aromatic heterocycles. The summed E-state index contributed by atoms with van der Waals surface area (Å²) < 4.78 is 5.25. The lowest BCUT2D eigenvalue weighted by atomic mass is 9.96. The zero-order valence-corrected chi connectivity index (χ0v) is 17.6. The van der Waals surface area contributed by atoms with E-state index in [-0.39, 0.29) is 23.6 Å². The van der Waals surface area contributed by atoms with Crippen LogP contribution in [0, 0.1) is 0 Å². The average Bonchev–Trinajstić information content (AvgIpc) is 3.19. The van der Waals surface area contributed by atoms with E-state index in [0.717, 1.165) is 41.7 Å². The van der Waals surface area contributed by atoms with Crippen LogP contribution in [-0.4, -0.2) is 42.8 Å². The zero-order valence-electron chi connectivity index (χ0n) is 17.6. The minimum Gasteiger partial charge on any atom is -0.350 e. The number of carbonyl (C=O) groups is 1. The van der Waals surface area contributed by atoms with Gasteiger partial charge < -0.3 is 9.47 Å². The summed E-state index contributed by atoms with van der Waals surface area (Å²) in [5.74, 6) is 1.03. The Bertz CT molecular complexity index is 1100. The topological polar surface area (TPSA) is 65.1 Å². The van der Waals surface area contributed by atoms with Crippen molar-refractivity contribution in [2.75, 3.05) is 13.1 Å². The Balaban J connectivity index is 1.55. The Kier molecular flexibility index (Phi) is 5.06. The number of hydrogen-bond acceptors (Lipinski definition) is 3. The number of rotatable bonds is 4. The molecule has 1 aliphatic rings. The fourth-order valence-electron chi connectivity index (χ4n) is 4.52. The largest absolute Gasteiger partial charge is 0.350 e. The molecule has 3 heterocycles. The fraction of sp³-hybridized carbons (Fsp3) is 0.500. The monoisotopic (exact) mass is 395 g/mol. The summed E-state index contributed by atoms with van der Waals surface area (Å²) >= 11 is 0. The molecule has 7 nitrogen and oxygen atoms in total. The van der Waals surface area contributed by atoms with E-state index in [1.807, 2.05) is 37.9 Å². The smallest absolute Gasteiger partial charge is 0.345 e. The summed E-state index contributed by atoms with van der Waals surface area (Å²) in [6.07, 6.45) is 4.32. The first-order valence-corrected chi connectivity index (χ1v) is 10.3. The van der Waals surface area contributed by atoms with Gasteiger partial charge in [0.05, 0.1) is 6.42 Å². The minimum absolute atomic E-state index is 0.0490. The van der Waals surface area contributed by atoms with Gasteiger partial charge in [0.25, 0.3) is 0 Å². The van der Waals surface area contributed by atoms with E-state index in [1.165, 1.54) is 4.68 Å². The summed E-state index contributed by atoms with van der Waals surface area (Å²) in [5, 5.41) is 5.64. The van der Waals surface area contributed by atoms with Crippen molar-refractivity contribution in [2.45, 2.75) is 45.1 Å². The molecule has 3 aromatic rings. The zero-order chi connectivity index (χ0) is 20.7. The van der Waals surface area contributed by atoms with E-state index in [2.05, 4.69) is 28.0 Å². The Labute approximate surface area is 170 Å². The van der Waals surface area contributed by atoms with Crippen LogP contribution < -0.4 is 5.69 Å². The molecule has 1 unspecified atom stereocenters. The molecule has 1 aromatic carbocycles. The molecule has 1 saturated heterocycles. The maximum Gasteiger partial charge on any atom is 0.345 e. The second-order valence-electron chi connectivity index (χ2n) is 8.37. The number of benzene rings is 1. The van der Waals surface area contributed by atoms with Crippen molar-refractivity contribution >= 4 is 16.8 Å².